The molecule has 0 N–H and O–H groups in total. The number of rotatable bonds is 6. The van der Waals surface area contributed by atoms with Crippen LogP contribution in [0.1, 0.15) is 4.88 Å². The van der Waals surface area contributed by atoms with Crippen LogP contribution >= 0.6 is 11.3 Å². The minimum Gasteiger partial charge on any atom is -0.497 e. The van der Waals surface area contributed by atoms with Crippen LogP contribution in [-0.4, -0.2) is 62.6 Å². The summed E-state index contributed by atoms with van der Waals surface area (Å²) in [7, 11) is 3.68. The van der Waals surface area contributed by atoms with Crippen molar-refractivity contribution in [1.29, 1.82) is 0 Å². The smallest absolute Gasteiger partial charge is 0.236 e. The van der Waals surface area contributed by atoms with Gasteiger partial charge in [0.1, 0.15) is 5.75 Å². The highest BCUT2D eigenvalue weighted by molar-refractivity contribution is 7.09. The molecule has 1 aromatic carbocycles. The number of thiophene rings is 1. The maximum atomic E-state index is 12.5. The summed E-state index contributed by atoms with van der Waals surface area (Å²) in [6, 6.07) is 12.3. The van der Waals surface area contributed by atoms with Crippen molar-refractivity contribution in [3.8, 4) is 5.75 Å². The van der Waals surface area contributed by atoms with Gasteiger partial charge in [-0.2, -0.15) is 0 Å². The number of hydrogen-bond donors (Lipinski definition) is 0. The second kappa shape index (κ2) is 8.36. The number of anilines is 1. The third-order valence-corrected chi connectivity index (χ3v) is 5.34. The van der Waals surface area contributed by atoms with Crippen molar-refractivity contribution < 1.29 is 9.53 Å². The molecule has 0 saturated carbocycles. The number of likely N-dealkylation sites (N-methyl/N-ethyl adjacent to an activating group) is 1. The van der Waals surface area contributed by atoms with Crippen molar-refractivity contribution in [2.75, 3.05) is 51.8 Å². The third-order valence-electron chi connectivity index (χ3n) is 4.48. The Balaban J connectivity index is 1.46. The Morgan fingerprint density at radius 2 is 1.88 bits per heavy atom. The summed E-state index contributed by atoms with van der Waals surface area (Å²) in [5.41, 5.74) is 1.18. The first-order chi connectivity index (χ1) is 12.2. The normalized spacial score (nSPS) is 14.8. The largest absolute Gasteiger partial charge is 0.497 e. The van der Waals surface area contributed by atoms with E-state index in [9.17, 15) is 4.79 Å². The molecule has 1 fully saturated rings. The number of ether oxygens (including phenoxy) is 1. The number of methoxy groups -OCH3 is 1. The quantitative estimate of drug-likeness (QED) is 0.794. The maximum absolute atomic E-state index is 12.5. The Hall–Kier alpha value is -2.05. The van der Waals surface area contributed by atoms with Gasteiger partial charge in [-0.3, -0.25) is 9.69 Å². The van der Waals surface area contributed by atoms with E-state index in [1.165, 1.54) is 10.6 Å². The molecule has 1 aromatic heterocycles. The lowest BCUT2D eigenvalue weighted by Crippen LogP contribution is -2.51. The zero-order chi connectivity index (χ0) is 17.6. The van der Waals surface area contributed by atoms with E-state index in [0.717, 1.165) is 38.5 Å². The number of piperazine rings is 1. The van der Waals surface area contributed by atoms with Gasteiger partial charge in [0.2, 0.25) is 5.91 Å². The van der Waals surface area contributed by atoms with Crippen LogP contribution in [-0.2, 0) is 11.3 Å². The highest BCUT2D eigenvalue weighted by Gasteiger charge is 2.22. The molecule has 1 amide bonds. The minimum atomic E-state index is 0.216. The summed E-state index contributed by atoms with van der Waals surface area (Å²) in [5.74, 6) is 1.08. The van der Waals surface area contributed by atoms with E-state index in [2.05, 4.69) is 33.4 Å². The average Bonchev–Trinajstić information content (AvgIpc) is 3.14. The Morgan fingerprint density at radius 3 is 2.48 bits per heavy atom. The maximum Gasteiger partial charge on any atom is 0.236 e. The molecule has 2 heterocycles. The van der Waals surface area contributed by atoms with E-state index < -0.39 is 0 Å². The summed E-state index contributed by atoms with van der Waals surface area (Å²) in [5, 5.41) is 2.07. The standard InChI is InChI=1S/C19H25N3O2S/c1-20(14-18-4-3-13-25-18)15-19(23)22-11-9-21(10-12-22)16-5-7-17(24-2)8-6-16/h3-8,13H,9-12,14-15H2,1-2H3. The van der Waals surface area contributed by atoms with Crippen LogP contribution in [0.2, 0.25) is 0 Å². The Bertz CT molecular complexity index is 664. The first-order valence-electron chi connectivity index (χ1n) is 8.53. The molecule has 6 heteroatoms. The molecule has 0 radical (unpaired) electrons. The molecule has 1 aliphatic rings. The molecule has 134 valence electrons. The van der Waals surface area contributed by atoms with Crippen LogP contribution < -0.4 is 9.64 Å². The second-order valence-corrected chi connectivity index (χ2v) is 7.35. The van der Waals surface area contributed by atoms with Gasteiger partial charge >= 0.3 is 0 Å². The van der Waals surface area contributed by atoms with Crippen molar-refractivity contribution in [1.82, 2.24) is 9.80 Å². The van der Waals surface area contributed by atoms with E-state index in [1.54, 1.807) is 18.4 Å². The summed E-state index contributed by atoms with van der Waals surface area (Å²) in [4.78, 5) is 20.2. The summed E-state index contributed by atoms with van der Waals surface area (Å²) >= 11 is 1.73. The predicted octanol–water partition coefficient (Wildman–Crippen LogP) is 2.54. The van der Waals surface area contributed by atoms with Crippen LogP contribution in [0, 0.1) is 0 Å². The van der Waals surface area contributed by atoms with Crippen LogP contribution in [0.4, 0.5) is 5.69 Å². The summed E-state index contributed by atoms with van der Waals surface area (Å²) in [6.07, 6.45) is 0. The molecule has 0 aliphatic carbocycles. The highest BCUT2D eigenvalue weighted by atomic mass is 32.1. The number of amides is 1. The van der Waals surface area contributed by atoms with Crippen molar-refractivity contribution in [3.63, 3.8) is 0 Å². The van der Waals surface area contributed by atoms with E-state index in [4.69, 9.17) is 4.74 Å². The lowest BCUT2D eigenvalue weighted by Gasteiger charge is -2.36. The number of hydrogen-bond acceptors (Lipinski definition) is 5. The molecular weight excluding hydrogens is 334 g/mol. The fraction of sp³-hybridized carbons (Fsp3) is 0.421. The molecule has 0 spiro atoms. The number of carbonyl (C=O) groups is 1. The Morgan fingerprint density at radius 1 is 1.16 bits per heavy atom. The van der Waals surface area contributed by atoms with E-state index in [-0.39, 0.29) is 5.91 Å². The lowest BCUT2D eigenvalue weighted by molar-refractivity contribution is -0.132. The fourth-order valence-electron chi connectivity index (χ4n) is 3.06. The first-order valence-corrected chi connectivity index (χ1v) is 9.41. The Kier molecular flexibility index (Phi) is 5.94. The third kappa shape index (κ3) is 4.74. The molecule has 3 rings (SSSR count). The van der Waals surface area contributed by atoms with Gasteiger partial charge in [-0.05, 0) is 42.8 Å². The van der Waals surface area contributed by atoms with E-state index in [1.807, 2.05) is 30.1 Å². The molecule has 1 saturated heterocycles. The van der Waals surface area contributed by atoms with Crippen LogP contribution in [0.3, 0.4) is 0 Å². The zero-order valence-corrected chi connectivity index (χ0v) is 15.7. The van der Waals surface area contributed by atoms with E-state index >= 15 is 0 Å². The Labute approximate surface area is 153 Å². The van der Waals surface area contributed by atoms with Gasteiger partial charge in [0.25, 0.3) is 0 Å². The molecule has 1 aliphatic heterocycles. The van der Waals surface area contributed by atoms with Crippen LogP contribution in [0.15, 0.2) is 41.8 Å². The van der Waals surface area contributed by atoms with Gasteiger partial charge in [0.15, 0.2) is 0 Å². The van der Waals surface area contributed by atoms with Gasteiger partial charge in [-0.25, -0.2) is 0 Å². The van der Waals surface area contributed by atoms with Gasteiger partial charge in [-0.15, -0.1) is 11.3 Å². The average molecular weight is 359 g/mol. The first kappa shape index (κ1) is 17.8. The molecule has 0 bridgehead atoms. The summed E-state index contributed by atoms with van der Waals surface area (Å²) in [6.45, 7) is 4.59. The molecule has 2 aromatic rings. The highest BCUT2D eigenvalue weighted by Crippen LogP contribution is 2.20. The second-order valence-electron chi connectivity index (χ2n) is 6.32. The van der Waals surface area contributed by atoms with Crippen molar-refractivity contribution in [2.45, 2.75) is 6.54 Å². The van der Waals surface area contributed by atoms with Crippen molar-refractivity contribution >= 4 is 22.9 Å². The van der Waals surface area contributed by atoms with Crippen molar-refractivity contribution in [3.05, 3.63) is 46.7 Å². The lowest BCUT2D eigenvalue weighted by atomic mass is 10.2. The van der Waals surface area contributed by atoms with Crippen LogP contribution in [0.5, 0.6) is 5.75 Å². The number of benzene rings is 1. The van der Waals surface area contributed by atoms with Gasteiger partial charge in [-0.1, -0.05) is 6.07 Å². The van der Waals surface area contributed by atoms with Gasteiger partial charge in [0, 0.05) is 43.3 Å². The number of carbonyl (C=O) groups excluding carboxylic acids is 1. The summed E-state index contributed by atoms with van der Waals surface area (Å²) < 4.78 is 5.20. The molecule has 0 atom stereocenters. The SMILES string of the molecule is COc1ccc(N2CCN(C(=O)CN(C)Cc3cccs3)CC2)cc1. The van der Waals surface area contributed by atoms with E-state index in [0.29, 0.717) is 6.54 Å². The minimum absolute atomic E-state index is 0.216. The monoisotopic (exact) mass is 359 g/mol. The molecular formula is C19H25N3O2S. The molecule has 0 unspecified atom stereocenters. The number of nitrogens with zero attached hydrogens (tertiary/aromatic N) is 3. The predicted molar refractivity (Wildman–Crippen MR) is 102 cm³/mol. The van der Waals surface area contributed by atoms with Gasteiger partial charge < -0.3 is 14.5 Å². The zero-order valence-electron chi connectivity index (χ0n) is 14.9. The van der Waals surface area contributed by atoms with Gasteiger partial charge in [0.05, 0.1) is 13.7 Å². The fourth-order valence-corrected chi connectivity index (χ4v) is 3.85. The molecule has 25 heavy (non-hydrogen) atoms. The topological polar surface area (TPSA) is 36.0 Å². The van der Waals surface area contributed by atoms with Crippen molar-refractivity contribution in [2.24, 2.45) is 0 Å². The van der Waals surface area contributed by atoms with Crippen LogP contribution in [0.25, 0.3) is 0 Å². The molecule has 5 nitrogen and oxygen atoms in total.